The summed E-state index contributed by atoms with van der Waals surface area (Å²) in [4.78, 5) is 11.0. The zero-order valence-electron chi connectivity index (χ0n) is 7.55. The van der Waals surface area contributed by atoms with E-state index >= 15 is 0 Å². The summed E-state index contributed by atoms with van der Waals surface area (Å²) < 4.78 is 5.03. The lowest BCUT2D eigenvalue weighted by atomic mass is 10.1. The van der Waals surface area contributed by atoms with Crippen LogP contribution in [0.15, 0.2) is 18.2 Å². The summed E-state index contributed by atoms with van der Waals surface area (Å²) in [6.45, 7) is 3.49. The Morgan fingerprint density at radius 3 is 2.38 bits per heavy atom. The molecule has 1 rings (SSSR count). The van der Waals surface area contributed by atoms with Gasteiger partial charge in [-0.15, -0.1) is 0 Å². The normalized spacial score (nSPS) is 8.85. The summed E-state index contributed by atoms with van der Waals surface area (Å²) in [7, 11) is 1.60. The third kappa shape index (κ3) is 2.90. The number of ketones is 1. The standard InChI is InChI=1S/C10H12O2.CH4/c1-7-4-9(8(2)11)6-10(5-7)12-3;/h4-6H,1-3H3;1H4. The van der Waals surface area contributed by atoms with Crippen molar-refractivity contribution in [3.8, 4) is 5.75 Å². The topological polar surface area (TPSA) is 26.3 Å². The summed E-state index contributed by atoms with van der Waals surface area (Å²) in [6.07, 6.45) is 0. The fourth-order valence-electron chi connectivity index (χ4n) is 1.07. The lowest BCUT2D eigenvalue weighted by molar-refractivity contribution is 0.101. The van der Waals surface area contributed by atoms with E-state index in [2.05, 4.69) is 0 Å². The van der Waals surface area contributed by atoms with Gasteiger partial charge < -0.3 is 4.74 Å². The van der Waals surface area contributed by atoms with Gasteiger partial charge in [0.25, 0.3) is 0 Å². The average Bonchev–Trinajstić information content (AvgIpc) is 2.03. The summed E-state index contributed by atoms with van der Waals surface area (Å²) in [5.41, 5.74) is 1.74. The number of hydrogen-bond donors (Lipinski definition) is 0. The monoisotopic (exact) mass is 180 g/mol. The molecule has 0 saturated heterocycles. The lowest BCUT2D eigenvalue weighted by Gasteiger charge is -2.03. The fourth-order valence-corrected chi connectivity index (χ4v) is 1.07. The van der Waals surface area contributed by atoms with Crippen molar-refractivity contribution in [1.29, 1.82) is 0 Å². The van der Waals surface area contributed by atoms with Crippen molar-refractivity contribution in [2.24, 2.45) is 0 Å². The molecule has 0 aliphatic heterocycles. The highest BCUT2D eigenvalue weighted by Crippen LogP contribution is 2.16. The zero-order valence-corrected chi connectivity index (χ0v) is 7.55. The molecule has 0 aliphatic rings. The first-order valence-corrected chi connectivity index (χ1v) is 3.80. The minimum absolute atomic E-state index is 0. The molecule has 2 nitrogen and oxygen atoms in total. The van der Waals surface area contributed by atoms with Gasteiger partial charge in [0.05, 0.1) is 7.11 Å². The number of methoxy groups -OCH3 is 1. The molecule has 0 unspecified atom stereocenters. The number of ether oxygens (including phenoxy) is 1. The van der Waals surface area contributed by atoms with Crippen molar-refractivity contribution in [1.82, 2.24) is 0 Å². The molecule has 0 radical (unpaired) electrons. The summed E-state index contributed by atoms with van der Waals surface area (Å²) >= 11 is 0. The predicted octanol–water partition coefficient (Wildman–Crippen LogP) is 2.84. The summed E-state index contributed by atoms with van der Waals surface area (Å²) in [5, 5.41) is 0. The van der Waals surface area contributed by atoms with Gasteiger partial charge in [-0.3, -0.25) is 4.79 Å². The van der Waals surface area contributed by atoms with Crippen molar-refractivity contribution >= 4 is 5.78 Å². The number of rotatable bonds is 2. The van der Waals surface area contributed by atoms with Crippen LogP contribution in [0.5, 0.6) is 5.75 Å². The van der Waals surface area contributed by atoms with Gasteiger partial charge in [-0.1, -0.05) is 7.43 Å². The van der Waals surface area contributed by atoms with E-state index < -0.39 is 0 Å². The molecule has 0 heterocycles. The highest BCUT2D eigenvalue weighted by molar-refractivity contribution is 5.94. The van der Waals surface area contributed by atoms with Crippen LogP contribution in [0.1, 0.15) is 30.3 Å². The molecule has 0 amide bonds. The Labute approximate surface area is 79.5 Å². The molecule has 0 aliphatic carbocycles. The largest absolute Gasteiger partial charge is 0.497 e. The summed E-state index contributed by atoms with van der Waals surface area (Å²) in [6, 6.07) is 5.49. The maximum absolute atomic E-state index is 11.0. The molecule has 13 heavy (non-hydrogen) atoms. The number of benzene rings is 1. The van der Waals surface area contributed by atoms with E-state index in [1.165, 1.54) is 0 Å². The van der Waals surface area contributed by atoms with E-state index in [0.717, 1.165) is 11.3 Å². The van der Waals surface area contributed by atoms with Crippen LogP contribution in [0.4, 0.5) is 0 Å². The van der Waals surface area contributed by atoms with Gasteiger partial charge in [0.1, 0.15) is 5.75 Å². The van der Waals surface area contributed by atoms with Crippen LogP contribution in [-0.2, 0) is 0 Å². The second kappa shape index (κ2) is 4.65. The number of carbonyl (C=O) groups excluding carboxylic acids is 1. The van der Waals surface area contributed by atoms with E-state index in [-0.39, 0.29) is 13.2 Å². The molecule has 0 N–H and O–H groups in total. The third-order valence-corrected chi connectivity index (χ3v) is 1.69. The zero-order chi connectivity index (χ0) is 9.14. The van der Waals surface area contributed by atoms with Crippen LogP contribution in [0.25, 0.3) is 0 Å². The SMILES string of the molecule is C.COc1cc(C)cc(C(C)=O)c1. The molecular formula is C11H16O2. The van der Waals surface area contributed by atoms with E-state index in [0.29, 0.717) is 5.56 Å². The Morgan fingerprint density at radius 1 is 1.31 bits per heavy atom. The Hall–Kier alpha value is -1.31. The molecule has 2 heteroatoms. The van der Waals surface area contributed by atoms with Gasteiger partial charge in [-0.2, -0.15) is 0 Å². The number of hydrogen-bond acceptors (Lipinski definition) is 2. The third-order valence-electron chi connectivity index (χ3n) is 1.69. The number of carbonyl (C=O) groups is 1. The molecule has 1 aromatic carbocycles. The van der Waals surface area contributed by atoms with Gasteiger partial charge >= 0.3 is 0 Å². The smallest absolute Gasteiger partial charge is 0.159 e. The molecule has 0 saturated carbocycles. The Balaban J connectivity index is 0.00000144. The van der Waals surface area contributed by atoms with Crippen LogP contribution in [-0.4, -0.2) is 12.9 Å². The van der Waals surface area contributed by atoms with Crippen LogP contribution in [0.3, 0.4) is 0 Å². The lowest BCUT2D eigenvalue weighted by Crippen LogP contribution is -1.94. The van der Waals surface area contributed by atoms with Crippen LogP contribution < -0.4 is 4.74 Å². The van der Waals surface area contributed by atoms with Crippen LogP contribution in [0.2, 0.25) is 0 Å². The van der Waals surface area contributed by atoms with Crippen LogP contribution >= 0.6 is 0 Å². The van der Waals surface area contributed by atoms with Crippen molar-refractivity contribution in [2.45, 2.75) is 21.3 Å². The molecular weight excluding hydrogens is 164 g/mol. The van der Waals surface area contributed by atoms with E-state index in [4.69, 9.17) is 4.74 Å². The van der Waals surface area contributed by atoms with Gasteiger partial charge in [-0.05, 0) is 37.6 Å². The first-order chi connectivity index (χ1) is 5.63. The maximum atomic E-state index is 11.0. The number of aryl methyl sites for hydroxylation is 1. The summed E-state index contributed by atoms with van der Waals surface area (Å²) in [5.74, 6) is 0.803. The minimum atomic E-state index is 0. The highest BCUT2D eigenvalue weighted by atomic mass is 16.5. The van der Waals surface area contributed by atoms with E-state index in [1.807, 2.05) is 19.1 Å². The number of Topliss-reactive ketones (excluding diaryl/α,β-unsaturated/α-hetero) is 1. The molecule has 1 aromatic rings. The first-order valence-electron chi connectivity index (χ1n) is 3.80. The van der Waals surface area contributed by atoms with E-state index in [9.17, 15) is 4.79 Å². The predicted molar refractivity (Wildman–Crippen MR) is 54.5 cm³/mol. The fraction of sp³-hybridized carbons (Fsp3) is 0.364. The van der Waals surface area contributed by atoms with Crippen molar-refractivity contribution in [2.75, 3.05) is 7.11 Å². The molecule has 0 spiro atoms. The second-order valence-corrected chi connectivity index (χ2v) is 2.80. The first kappa shape index (κ1) is 11.7. The van der Waals surface area contributed by atoms with Crippen LogP contribution in [0, 0.1) is 6.92 Å². The van der Waals surface area contributed by atoms with Gasteiger partial charge in [0.15, 0.2) is 5.78 Å². The Kier molecular flexibility index (Phi) is 4.18. The van der Waals surface area contributed by atoms with Gasteiger partial charge in [-0.25, -0.2) is 0 Å². The average molecular weight is 180 g/mol. The quantitative estimate of drug-likeness (QED) is 0.654. The molecule has 0 bridgehead atoms. The Morgan fingerprint density at radius 2 is 1.92 bits per heavy atom. The molecule has 72 valence electrons. The molecule has 0 aromatic heterocycles. The maximum Gasteiger partial charge on any atom is 0.159 e. The van der Waals surface area contributed by atoms with Crippen molar-refractivity contribution < 1.29 is 9.53 Å². The van der Waals surface area contributed by atoms with Gasteiger partial charge in [0, 0.05) is 5.56 Å². The Bertz CT molecular complexity index is 303. The van der Waals surface area contributed by atoms with E-state index in [1.54, 1.807) is 20.1 Å². The van der Waals surface area contributed by atoms with Crippen molar-refractivity contribution in [3.05, 3.63) is 29.3 Å². The van der Waals surface area contributed by atoms with Crippen molar-refractivity contribution in [3.63, 3.8) is 0 Å². The highest BCUT2D eigenvalue weighted by Gasteiger charge is 2.01. The second-order valence-electron chi connectivity index (χ2n) is 2.80. The van der Waals surface area contributed by atoms with Gasteiger partial charge in [0.2, 0.25) is 0 Å². The molecule has 0 atom stereocenters. The molecule has 0 fully saturated rings. The minimum Gasteiger partial charge on any atom is -0.497 e.